The van der Waals surface area contributed by atoms with E-state index in [9.17, 15) is 31.2 Å². The maximum atomic E-state index is 14.4. The fourth-order valence-corrected chi connectivity index (χ4v) is 7.04. The quantitative estimate of drug-likeness (QED) is 0.358. The van der Waals surface area contributed by atoms with Crippen LogP contribution in [-0.4, -0.2) is 45.9 Å². The molecule has 1 aliphatic carbocycles. The molecule has 3 N–H and O–H groups in total. The first-order valence-corrected chi connectivity index (χ1v) is 16.5. The third-order valence-electron chi connectivity index (χ3n) is 6.89. The van der Waals surface area contributed by atoms with E-state index in [-0.39, 0.29) is 39.7 Å². The largest absolute Gasteiger partial charge is 0.444 e. The van der Waals surface area contributed by atoms with Crippen molar-refractivity contribution in [1.82, 2.24) is 4.72 Å². The molecule has 0 radical (unpaired) electrons. The number of sulfonamides is 2. The summed E-state index contributed by atoms with van der Waals surface area (Å²) in [5, 5.41) is 5.94. The van der Waals surface area contributed by atoms with Gasteiger partial charge in [-0.2, -0.15) is 13.1 Å². The zero-order valence-electron chi connectivity index (χ0n) is 24.4. The number of anilines is 2. The first-order chi connectivity index (χ1) is 19.9. The van der Waals surface area contributed by atoms with Gasteiger partial charge in [0, 0.05) is 16.7 Å². The molecule has 4 rings (SSSR count). The Morgan fingerprint density at radius 2 is 1.86 bits per heavy atom. The molecular formula is C29H34N4O8S2. The SMILES string of the molecule is C=CS(=O)(=O)NC1(CCC(C)C)C(=O)C(C2=NS(=O)(=O)c3cc(NC(=O)OC(C)(C)C)ccc3N2)C(=O)c2ccccc21. The predicted octanol–water partition coefficient (Wildman–Crippen LogP) is 4.32. The maximum absolute atomic E-state index is 14.4. The second-order valence-corrected chi connectivity index (χ2v) is 15.0. The number of Topliss-reactive ketones (excluding diaryl/α,β-unsaturated/α-hetero) is 2. The van der Waals surface area contributed by atoms with Crippen molar-refractivity contribution in [2.24, 2.45) is 16.2 Å². The zero-order chi connectivity index (χ0) is 32.0. The van der Waals surface area contributed by atoms with Gasteiger partial charge in [-0.05, 0) is 63.3 Å². The Hall–Kier alpha value is -3.88. The normalized spacial score (nSPS) is 21.3. The smallest absolute Gasteiger partial charge is 0.412 e. The lowest BCUT2D eigenvalue weighted by atomic mass is 9.67. The molecule has 0 fully saturated rings. The molecule has 0 spiro atoms. The van der Waals surface area contributed by atoms with Crippen LogP contribution < -0.4 is 15.4 Å². The summed E-state index contributed by atoms with van der Waals surface area (Å²) in [4.78, 5) is 40.1. The number of nitrogens with zero attached hydrogens (tertiary/aromatic N) is 1. The van der Waals surface area contributed by atoms with Gasteiger partial charge in [0.15, 0.2) is 11.6 Å². The Morgan fingerprint density at radius 1 is 1.19 bits per heavy atom. The van der Waals surface area contributed by atoms with Crippen LogP contribution in [0.1, 0.15) is 63.4 Å². The molecule has 1 heterocycles. The van der Waals surface area contributed by atoms with Gasteiger partial charge in [-0.3, -0.25) is 14.9 Å². The number of nitrogens with one attached hydrogen (secondary N) is 3. The molecule has 43 heavy (non-hydrogen) atoms. The van der Waals surface area contributed by atoms with Gasteiger partial charge in [0.2, 0.25) is 10.0 Å². The van der Waals surface area contributed by atoms with Gasteiger partial charge in [0.05, 0.1) is 5.69 Å². The molecule has 2 atom stereocenters. The van der Waals surface area contributed by atoms with Gasteiger partial charge in [0.1, 0.15) is 27.8 Å². The van der Waals surface area contributed by atoms with E-state index < -0.39 is 60.6 Å². The number of amides is 1. The molecular weight excluding hydrogens is 596 g/mol. The average Bonchev–Trinajstić information content (AvgIpc) is 2.89. The molecule has 2 unspecified atom stereocenters. The van der Waals surface area contributed by atoms with E-state index in [2.05, 4.69) is 26.3 Å². The first kappa shape index (κ1) is 32.0. The van der Waals surface area contributed by atoms with Crippen LogP contribution in [0.15, 0.2) is 63.7 Å². The van der Waals surface area contributed by atoms with Crippen molar-refractivity contribution in [2.75, 3.05) is 10.6 Å². The van der Waals surface area contributed by atoms with Crippen molar-refractivity contribution in [1.29, 1.82) is 0 Å². The van der Waals surface area contributed by atoms with Crippen molar-refractivity contribution in [3.05, 3.63) is 65.6 Å². The van der Waals surface area contributed by atoms with Gasteiger partial charge in [-0.15, -0.1) is 4.40 Å². The summed E-state index contributed by atoms with van der Waals surface area (Å²) in [5.74, 6) is -3.77. The monoisotopic (exact) mass is 630 g/mol. The summed E-state index contributed by atoms with van der Waals surface area (Å²) in [6.45, 7) is 12.2. The minimum atomic E-state index is -4.49. The fourth-order valence-electron chi connectivity index (χ4n) is 4.98. The highest BCUT2D eigenvalue weighted by Gasteiger charge is 2.55. The average molecular weight is 631 g/mol. The number of fused-ring (bicyclic) bond motifs is 2. The lowest BCUT2D eigenvalue weighted by Gasteiger charge is -2.41. The molecule has 2 aliphatic rings. The standard InChI is InChI=1S/C29H34N4O8S2/c1-7-42(37,38)33-29(15-14-17(2)3)20-11-9-8-10-19(20)24(34)23(25(29)35)26-31-21-13-12-18(16-22(21)43(39,40)32-26)30-27(36)41-28(4,5)6/h7-13,16-17,23,33H,1,14-15H2,2-6H3,(H,30,36)(H,31,32). The number of benzene rings is 2. The van der Waals surface area contributed by atoms with E-state index >= 15 is 0 Å². The van der Waals surface area contributed by atoms with Crippen LogP contribution in [0, 0.1) is 11.8 Å². The Kier molecular flexibility index (Phi) is 8.43. The van der Waals surface area contributed by atoms with Gasteiger partial charge in [0.25, 0.3) is 10.0 Å². The zero-order valence-corrected chi connectivity index (χ0v) is 26.1. The van der Waals surface area contributed by atoms with Crippen molar-refractivity contribution >= 4 is 54.9 Å². The van der Waals surface area contributed by atoms with Crippen LogP contribution in [-0.2, 0) is 35.1 Å². The van der Waals surface area contributed by atoms with E-state index in [1.807, 2.05) is 13.8 Å². The molecule has 1 aliphatic heterocycles. The number of ketones is 2. The van der Waals surface area contributed by atoms with Crippen LogP contribution in [0.4, 0.5) is 16.2 Å². The first-order valence-electron chi connectivity index (χ1n) is 13.5. The van der Waals surface area contributed by atoms with E-state index in [1.54, 1.807) is 32.9 Å². The van der Waals surface area contributed by atoms with E-state index in [1.165, 1.54) is 30.3 Å². The number of carbonyl (C=O) groups excluding carboxylic acids is 3. The molecule has 0 aromatic heterocycles. The molecule has 0 bridgehead atoms. The lowest BCUT2D eigenvalue weighted by Crippen LogP contribution is -2.60. The minimum absolute atomic E-state index is 0.00627. The van der Waals surface area contributed by atoms with Crippen molar-refractivity contribution in [3.8, 4) is 0 Å². The summed E-state index contributed by atoms with van der Waals surface area (Å²) in [6, 6.07) is 10.1. The number of carbonyl (C=O) groups is 3. The summed E-state index contributed by atoms with van der Waals surface area (Å²) >= 11 is 0. The summed E-state index contributed by atoms with van der Waals surface area (Å²) < 4.78 is 63.9. The Morgan fingerprint density at radius 3 is 2.49 bits per heavy atom. The molecule has 12 nitrogen and oxygen atoms in total. The maximum Gasteiger partial charge on any atom is 0.412 e. The van der Waals surface area contributed by atoms with E-state index in [4.69, 9.17) is 4.74 Å². The lowest BCUT2D eigenvalue weighted by molar-refractivity contribution is -0.126. The molecule has 2 aromatic carbocycles. The van der Waals surface area contributed by atoms with Gasteiger partial charge >= 0.3 is 6.09 Å². The molecule has 0 saturated heterocycles. The van der Waals surface area contributed by atoms with Crippen LogP contribution in [0.3, 0.4) is 0 Å². The Labute approximate surface area is 251 Å². The minimum Gasteiger partial charge on any atom is -0.444 e. The third kappa shape index (κ3) is 6.55. The van der Waals surface area contributed by atoms with Crippen LogP contribution >= 0.6 is 0 Å². The number of rotatable bonds is 8. The van der Waals surface area contributed by atoms with Crippen molar-refractivity contribution < 1.29 is 36.0 Å². The molecule has 1 amide bonds. The van der Waals surface area contributed by atoms with Crippen LogP contribution in [0.5, 0.6) is 0 Å². The van der Waals surface area contributed by atoms with Gasteiger partial charge in [-0.1, -0.05) is 44.7 Å². The predicted molar refractivity (Wildman–Crippen MR) is 162 cm³/mol. The second kappa shape index (κ2) is 11.3. The molecule has 2 aromatic rings. The summed E-state index contributed by atoms with van der Waals surface area (Å²) in [5.41, 5.74) is -2.33. The van der Waals surface area contributed by atoms with Crippen molar-refractivity contribution in [3.63, 3.8) is 0 Å². The summed E-state index contributed by atoms with van der Waals surface area (Å²) in [6.07, 6.45) is -0.405. The Balaban J connectivity index is 1.81. The van der Waals surface area contributed by atoms with E-state index in [0.717, 1.165) is 0 Å². The second-order valence-electron chi connectivity index (χ2n) is 11.8. The van der Waals surface area contributed by atoms with Gasteiger partial charge in [-0.25, -0.2) is 13.2 Å². The van der Waals surface area contributed by atoms with Crippen LogP contribution in [0.25, 0.3) is 0 Å². The van der Waals surface area contributed by atoms with Crippen LogP contribution in [0.2, 0.25) is 0 Å². The van der Waals surface area contributed by atoms with Gasteiger partial charge < -0.3 is 10.1 Å². The highest BCUT2D eigenvalue weighted by atomic mass is 32.2. The molecule has 14 heteroatoms. The Bertz CT molecular complexity index is 1760. The molecule has 0 saturated carbocycles. The van der Waals surface area contributed by atoms with E-state index in [0.29, 0.717) is 11.8 Å². The topological polar surface area (TPSA) is 177 Å². The number of ether oxygens (including phenoxy) is 1. The number of amidine groups is 1. The fraction of sp³-hybridized carbons (Fsp3) is 0.379. The number of hydrogen-bond donors (Lipinski definition) is 3. The van der Waals surface area contributed by atoms with Crippen molar-refractivity contribution in [2.45, 2.75) is 63.5 Å². The summed E-state index contributed by atoms with van der Waals surface area (Å²) in [7, 11) is -8.70. The highest BCUT2D eigenvalue weighted by Crippen LogP contribution is 2.42. The third-order valence-corrected chi connectivity index (χ3v) is 9.29. The highest BCUT2D eigenvalue weighted by molar-refractivity contribution is 7.92. The number of hydrogen-bond acceptors (Lipinski definition) is 9. The molecule has 230 valence electrons.